The van der Waals surface area contributed by atoms with E-state index in [9.17, 15) is 9.59 Å². The highest BCUT2D eigenvalue weighted by Gasteiger charge is 2.26. The number of benzene rings is 2. The van der Waals surface area contributed by atoms with E-state index in [-0.39, 0.29) is 24.1 Å². The van der Waals surface area contributed by atoms with Crippen LogP contribution >= 0.6 is 11.3 Å². The minimum absolute atomic E-state index is 0.114. The first-order chi connectivity index (χ1) is 13.2. The normalized spacial score (nSPS) is 13.9. The molecule has 0 radical (unpaired) electrons. The van der Waals surface area contributed by atoms with Crippen LogP contribution < -0.4 is 14.8 Å². The molecule has 1 aromatic heterocycles. The summed E-state index contributed by atoms with van der Waals surface area (Å²) in [4.78, 5) is 28.1. The van der Waals surface area contributed by atoms with E-state index < -0.39 is 0 Å². The molecule has 4 rings (SSSR count). The molecule has 1 aliphatic rings. The van der Waals surface area contributed by atoms with Gasteiger partial charge in [0.15, 0.2) is 17.5 Å². The first kappa shape index (κ1) is 17.0. The number of anilines is 1. The van der Waals surface area contributed by atoms with Gasteiger partial charge in [-0.1, -0.05) is 24.3 Å². The van der Waals surface area contributed by atoms with Crippen molar-refractivity contribution in [3.8, 4) is 11.5 Å². The van der Waals surface area contributed by atoms with Crippen LogP contribution in [0.5, 0.6) is 11.5 Å². The average Bonchev–Trinajstić information content (AvgIpc) is 3.30. The fraction of sp³-hybridized carbons (Fsp3) is 0.0500. The van der Waals surface area contributed by atoms with Crippen molar-refractivity contribution in [2.24, 2.45) is 0 Å². The van der Waals surface area contributed by atoms with Crippen molar-refractivity contribution in [3.63, 3.8) is 0 Å². The van der Waals surface area contributed by atoms with E-state index in [0.29, 0.717) is 22.2 Å². The first-order valence-corrected chi connectivity index (χ1v) is 9.02. The Bertz CT molecular complexity index is 1010. The number of hydrogen-bond acceptors (Lipinski definition) is 6. The zero-order valence-corrected chi connectivity index (χ0v) is 14.9. The van der Waals surface area contributed by atoms with Gasteiger partial charge in [0.05, 0.1) is 5.56 Å². The smallest absolute Gasteiger partial charge is 0.264 e. The fourth-order valence-electron chi connectivity index (χ4n) is 2.54. The molecule has 0 unspecified atom stereocenters. The summed E-state index contributed by atoms with van der Waals surface area (Å²) in [5, 5.41) is 4.96. The molecule has 0 bridgehead atoms. The third-order valence-electron chi connectivity index (χ3n) is 3.80. The molecular weight excluding hydrogens is 364 g/mol. The third-order valence-corrected chi connectivity index (χ3v) is 4.49. The summed E-state index contributed by atoms with van der Waals surface area (Å²) in [5.41, 5.74) is 1.36. The Morgan fingerprint density at radius 3 is 2.74 bits per heavy atom. The van der Waals surface area contributed by atoms with Crippen LogP contribution in [-0.2, 0) is 4.79 Å². The fourth-order valence-corrected chi connectivity index (χ4v) is 3.08. The molecule has 0 atom stereocenters. The molecule has 0 saturated carbocycles. The van der Waals surface area contributed by atoms with Crippen LogP contribution in [-0.4, -0.2) is 23.3 Å². The Morgan fingerprint density at radius 2 is 2.00 bits per heavy atom. The number of hydrogen-bond donors (Lipinski definition) is 1. The van der Waals surface area contributed by atoms with E-state index in [1.807, 2.05) is 6.07 Å². The second kappa shape index (κ2) is 7.43. The van der Waals surface area contributed by atoms with Crippen molar-refractivity contribution in [2.45, 2.75) is 0 Å². The molecule has 2 aromatic carbocycles. The van der Waals surface area contributed by atoms with Crippen LogP contribution in [0.25, 0.3) is 6.08 Å². The molecule has 1 aliphatic heterocycles. The standard InChI is InChI=1S/C20H14N2O4S/c23-18(22-20-21-9-10-27-20)12-25-14-7-5-13(6-8-14)11-17-19(24)15-3-1-2-4-16(15)26-17/h1-11H,12H2,(H,21,22,23)/b17-11-. The van der Waals surface area contributed by atoms with E-state index in [0.717, 1.165) is 5.56 Å². The predicted molar refractivity (Wildman–Crippen MR) is 102 cm³/mol. The zero-order valence-electron chi connectivity index (χ0n) is 14.0. The van der Waals surface area contributed by atoms with Gasteiger partial charge in [-0.2, -0.15) is 0 Å². The number of amides is 1. The SMILES string of the molecule is O=C(COc1ccc(/C=C2\Oc3ccccc3C2=O)cc1)Nc1nccs1. The van der Waals surface area contributed by atoms with Crippen LogP contribution in [0.3, 0.4) is 0 Å². The number of allylic oxidation sites excluding steroid dienone is 1. The van der Waals surface area contributed by atoms with Gasteiger partial charge < -0.3 is 9.47 Å². The molecular formula is C20H14N2O4S. The van der Waals surface area contributed by atoms with Crippen LogP contribution in [0.1, 0.15) is 15.9 Å². The number of Topliss-reactive ketones (excluding diaryl/α,β-unsaturated/α-hetero) is 1. The minimum Gasteiger partial charge on any atom is -0.484 e. The van der Waals surface area contributed by atoms with E-state index in [1.54, 1.807) is 60.1 Å². The molecule has 1 N–H and O–H groups in total. The molecule has 0 spiro atoms. The summed E-state index contributed by atoms with van der Waals surface area (Å²) in [6, 6.07) is 14.2. The van der Waals surface area contributed by atoms with Gasteiger partial charge in [-0.05, 0) is 35.9 Å². The highest BCUT2D eigenvalue weighted by molar-refractivity contribution is 7.13. The Balaban J connectivity index is 1.37. The highest BCUT2D eigenvalue weighted by atomic mass is 32.1. The maximum atomic E-state index is 12.3. The van der Waals surface area contributed by atoms with Gasteiger partial charge in [-0.15, -0.1) is 11.3 Å². The third kappa shape index (κ3) is 3.88. The molecule has 0 aliphatic carbocycles. The second-order valence-electron chi connectivity index (χ2n) is 5.68. The summed E-state index contributed by atoms with van der Waals surface area (Å²) < 4.78 is 11.1. The maximum Gasteiger partial charge on any atom is 0.264 e. The molecule has 7 heteroatoms. The Hall–Kier alpha value is -3.45. The number of rotatable bonds is 5. The lowest BCUT2D eigenvalue weighted by molar-refractivity contribution is -0.118. The van der Waals surface area contributed by atoms with Gasteiger partial charge in [0.2, 0.25) is 5.78 Å². The summed E-state index contributed by atoms with van der Waals surface area (Å²) >= 11 is 1.34. The monoisotopic (exact) mass is 378 g/mol. The lowest BCUT2D eigenvalue weighted by Gasteiger charge is -2.06. The van der Waals surface area contributed by atoms with Gasteiger partial charge in [-0.3, -0.25) is 14.9 Å². The van der Waals surface area contributed by atoms with Crippen molar-refractivity contribution in [2.75, 3.05) is 11.9 Å². The second-order valence-corrected chi connectivity index (χ2v) is 6.57. The Morgan fingerprint density at radius 1 is 1.19 bits per heavy atom. The largest absolute Gasteiger partial charge is 0.484 e. The number of thiazole rings is 1. The van der Waals surface area contributed by atoms with Gasteiger partial charge in [-0.25, -0.2) is 4.98 Å². The van der Waals surface area contributed by atoms with Crippen LogP contribution in [0.4, 0.5) is 5.13 Å². The number of nitrogens with one attached hydrogen (secondary N) is 1. The summed E-state index contributed by atoms with van der Waals surface area (Å²) in [7, 11) is 0. The molecule has 1 amide bonds. The van der Waals surface area contributed by atoms with Crippen molar-refractivity contribution in [3.05, 3.63) is 77.0 Å². The number of ketones is 1. The van der Waals surface area contributed by atoms with Gasteiger partial charge >= 0.3 is 0 Å². The van der Waals surface area contributed by atoms with Crippen molar-refractivity contribution >= 4 is 34.2 Å². The molecule has 6 nitrogen and oxygen atoms in total. The predicted octanol–water partition coefficient (Wildman–Crippen LogP) is 3.78. The summed E-state index contributed by atoms with van der Waals surface area (Å²) in [6.45, 7) is -0.114. The number of para-hydroxylation sites is 1. The zero-order chi connectivity index (χ0) is 18.6. The highest BCUT2D eigenvalue weighted by Crippen LogP contribution is 2.31. The molecule has 27 heavy (non-hydrogen) atoms. The lowest BCUT2D eigenvalue weighted by atomic mass is 10.1. The summed E-state index contributed by atoms with van der Waals surface area (Å²) in [5.74, 6) is 0.990. The van der Waals surface area contributed by atoms with E-state index in [2.05, 4.69) is 10.3 Å². The average molecular weight is 378 g/mol. The minimum atomic E-state index is -0.279. The van der Waals surface area contributed by atoms with Crippen molar-refractivity contribution < 1.29 is 19.1 Å². The van der Waals surface area contributed by atoms with Gasteiger partial charge in [0, 0.05) is 11.6 Å². The first-order valence-electron chi connectivity index (χ1n) is 8.14. The number of carbonyl (C=O) groups excluding carboxylic acids is 2. The van der Waals surface area contributed by atoms with Crippen LogP contribution in [0.2, 0.25) is 0 Å². The molecule has 0 saturated heterocycles. The Labute approximate surface area is 159 Å². The van der Waals surface area contributed by atoms with Crippen LogP contribution in [0, 0.1) is 0 Å². The number of ether oxygens (including phenoxy) is 2. The lowest BCUT2D eigenvalue weighted by Crippen LogP contribution is -2.19. The molecule has 134 valence electrons. The van der Waals surface area contributed by atoms with Gasteiger partial charge in [0.25, 0.3) is 5.91 Å². The van der Waals surface area contributed by atoms with Crippen LogP contribution in [0.15, 0.2) is 65.9 Å². The summed E-state index contributed by atoms with van der Waals surface area (Å²) in [6.07, 6.45) is 3.30. The van der Waals surface area contributed by atoms with E-state index >= 15 is 0 Å². The number of aromatic nitrogens is 1. The Kier molecular flexibility index (Phi) is 4.67. The van der Waals surface area contributed by atoms with Crippen molar-refractivity contribution in [1.82, 2.24) is 4.98 Å². The molecule has 0 fully saturated rings. The quantitative estimate of drug-likeness (QED) is 0.684. The van der Waals surface area contributed by atoms with E-state index in [4.69, 9.17) is 9.47 Å². The molecule has 3 aromatic rings. The van der Waals surface area contributed by atoms with E-state index in [1.165, 1.54) is 11.3 Å². The topological polar surface area (TPSA) is 77.5 Å². The number of fused-ring (bicyclic) bond motifs is 1. The van der Waals surface area contributed by atoms with Gasteiger partial charge in [0.1, 0.15) is 11.5 Å². The van der Waals surface area contributed by atoms with Crippen molar-refractivity contribution in [1.29, 1.82) is 0 Å². The number of carbonyl (C=O) groups is 2. The molecule has 2 heterocycles. The number of nitrogens with zero attached hydrogens (tertiary/aromatic N) is 1. The maximum absolute atomic E-state index is 12.3.